The molecule has 17 heavy (non-hydrogen) atoms. The fourth-order valence-electron chi connectivity index (χ4n) is 3.98. The lowest BCUT2D eigenvalue weighted by Gasteiger charge is -2.32. The Balaban J connectivity index is 1.66. The second-order valence-electron chi connectivity index (χ2n) is 6.02. The van der Waals surface area contributed by atoms with Crippen molar-refractivity contribution in [2.24, 2.45) is 16.6 Å². The van der Waals surface area contributed by atoms with Gasteiger partial charge in [-0.1, -0.05) is 25.7 Å². The number of nitrogens with two attached hydrogens (primary N) is 1. The fraction of sp³-hybridized carbons (Fsp3) is 0.929. The average Bonchev–Trinajstić information content (AvgIpc) is 2.96. The summed E-state index contributed by atoms with van der Waals surface area (Å²) >= 11 is 0. The maximum Gasteiger partial charge on any atom is 0.191 e. The normalized spacial score (nSPS) is 35.3. The number of rotatable bonds is 1. The molecule has 2 saturated carbocycles. The van der Waals surface area contributed by atoms with Crippen LogP contribution in [0, 0.1) is 5.92 Å². The first-order valence-electron chi connectivity index (χ1n) is 7.44. The topological polar surface area (TPSA) is 41.6 Å². The van der Waals surface area contributed by atoms with Crippen LogP contribution >= 0.6 is 0 Å². The lowest BCUT2D eigenvalue weighted by Crippen LogP contribution is -2.44. The maximum atomic E-state index is 6.24. The van der Waals surface area contributed by atoms with Crippen molar-refractivity contribution in [1.29, 1.82) is 0 Å². The highest BCUT2D eigenvalue weighted by Crippen LogP contribution is 2.36. The molecule has 1 saturated heterocycles. The van der Waals surface area contributed by atoms with Gasteiger partial charge in [-0.05, 0) is 38.0 Å². The van der Waals surface area contributed by atoms with E-state index in [0.29, 0.717) is 12.1 Å². The third-order valence-corrected chi connectivity index (χ3v) is 4.94. The van der Waals surface area contributed by atoms with Gasteiger partial charge < -0.3 is 10.6 Å². The summed E-state index contributed by atoms with van der Waals surface area (Å²) in [6.45, 7) is 1.15. The van der Waals surface area contributed by atoms with Crippen LogP contribution in [0.1, 0.15) is 57.8 Å². The van der Waals surface area contributed by atoms with Crippen molar-refractivity contribution in [3.05, 3.63) is 0 Å². The van der Waals surface area contributed by atoms with Crippen LogP contribution in [0.4, 0.5) is 0 Å². The second-order valence-corrected chi connectivity index (χ2v) is 6.02. The highest BCUT2D eigenvalue weighted by Gasteiger charge is 2.36. The van der Waals surface area contributed by atoms with E-state index >= 15 is 0 Å². The predicted octanol–water partition coefficient (Wildman–Crippen LogP) is 2.51. The largest absolute Gasteiger partial charge is 0.370 e. The molecule has 0 aromatic heterocycles. The van der Waals surface area contributed by atoms with Crippen LogP contribution in [0.5, 0.6) is 0 Å². The van der Waals surface area contributed by atoms with Gasteiger partial charge in [0.05, 0.1) is 6.04 Å². The molecule has 3 fully saturated rings. The first-order chi connectivity index (χ1) is 8.34. The number of nitrogens with zero attached hydrogens (tertiary/aromatic N) is 2. The molecule has 3 aliphatic rings. The Labute approximate surface area is 104 Å². The molecule has 0 amide bonds. The van der Waals surface area contributed by atoms with Gasteiger partial charge in [-0.15, -0.1) is 0 Å². The van der Waals surface area contributed by atoms with E-state index in [-0.39, 0.29) is 0 Å². The Morgan fingerprint density at radius 2 is 1.65 bits per heavy atom. The second kappa shape index (κ2) is 4.87. The van der Waals surface area contributed by atoms with Gasteiger partial charge in [0.1, 0.15) is 0 Å². The van der Waals surface area contributed by atoms with Crippen LogP contribution in [0.3, 0.4) is 0 Å². The molecule has 0 bridgehead atoms. The molecule has 2 N–H and O–H groups in total. The summed E-state index contributed by atoms with van der Waals surface area (Å²) in [4.78, 5) is 7.19. The highest BCUT2D eigenvalue weighted by atomic mass is 15.3. The van der Waals surface area contributed by atoms with Gasteiger partial charge in [0, 0.05) is 12.6 Å². The van der Waals surface area contributed by atoms with Gasteiger partial charge in [0.2, 0.25) is 0 Å². The minimum absolute atomic E-state index is 0.526. The molecule has 0 aromatic carbocycles. The Morgan fingerprint density at radius 3 is 2.47 bits per heavy atom. The summed E-state index contributed by atoms with van der Waals surface area (Å²) in [6, 6.07) is 1.24. The van der Waals surface area contributed by atoms with Crippen molar-refractivity contribution in [2.45, 2.75) is 69.9 Å². The molecule has 3 heteroatoms. The van der Waals surface area contributed by atoms with Crippen LogP contribution in [-0.2, 0) is 0 Å². The quantitative estimate of drug-likeness (QED) is 0.560. The van der Waals surface area contributed by atoms with E-state index in [1.807, 2.05) is 0 Å². The summed E-state index contributed by atoms with van der Waals surface area (Å²) in [7, 11) is 0. The van der Waals surface area contributed by atoms with Crippen molar-refractivity contribution in [1.82, 2.24) is 4.90 Å². The highest BCUT2D eigenvalue weighted by molar-refractivity contribution is 5.79. The van der Waals surface area contributed by atoms with Crippen LogP contribution in [0.2, 0.25) is 0 Å². The Kier molecular flexibility index (Phi) is 3.26. The lowest BCUT2D eigenvalue weighted by atomic mass is 9.85. The molecule has 0 radical (unpaired) electrons. The molecule has 2 unspecified atom stereocenters. The summed E-state index contributed by atoms with van der Waals surface area (Å²) < 4.78 is 0. The minimum atomic E-state index is 0.526. The van der Waals surface area contributed by atoms with Crippen LogP contribution in [-0.4, -0.2) is 29.5 Å². The maximum absolute atomic E-state index is 6.24. The fourth-order valence-corrected chi connectivity index (χ4v) is 3.98. The number of hydrogen-bond donors (Lipinski definition) is 1. The number of fused-ring (bicyclic) bond motifs is 1. The van der Waals surface area contributed by atoms with Crippen molar-refractivity contribution in [3.63, 3.8) is 0 Å². The van der Waals surface area contributed by atoms with Crippen molar-refractivity contribution < 1.29 is 0 Å². The number of aliphatic imine (C=N–C) groups is 1. The zero-order chi connectivity index (χ0) is 11.7. The van der Waals surface area contributed by atoms with Gasteiger partial charge in [0.15, 0.2) is 5.96 Å². The van der Waals surface area contributed by atoms with Crippen LogP contribution in [0.25, 0.3) is 0 Å². The summed E-state index contributed by atoms with van der Waals surface area (Å²) in [5.74, 6) is 1.76. The summed E-state index contributed by atoms with van der Waals surface area (Å²) in [5.41, 5.74) is 6.24. The van der Waals surface area contributed by atoms with Crippen LogP contribution in [0.15, 0.2) is 4.99 Å². The Bertz CT molecular complexity index is 294. The van der Waals surface area contributed by atoms with Crippen molar-refractivity contribution in [2.75, 3.05) is 6.54 Å². The molecule has 1 aliphatic heterocycles. The van der Waals surface area contributed by atoms with Crippen LogP contribution < -0.4 is 5.73 Å². The van der Waals surface area contributed by atoms with E-state index in [1.54, 1.807) is 0 Å². The molecule has 1 heterocycles. The average molecular weight is 235 g/mol. The Hall–Kier alpha value is -0.730. The van der Waals surface area contributed by atoms with E-state index in [4.69, 9.17) is 10.7 Å². The van der Waals surface area contributed by atoms with E-state index < -0.39 is 0 Å². The van der Waals surface area contributed by atoms with Gasteiger partial charge >= 0.3 is 0 Å². The number of guanidine groups is 1. The molecule has 0 aromatic rings. The standard InChI is InChI=1S/C14H25N3/c15-14(16-12-6-2-3-7-12)17-10-9-11-5-1-4-8-13(11)17/h11-13H,1-10H2,(H2,15,16). The van der Waals surface area contributed by atoms with Gasteiger partial charge in [0.25, 0.3) is 0 Å². The number of hydrogen-bond acceptors (Lipinski definition) is 1. The zero-order valence-electron chi connectivity index (χ0n) is 10.8. The number of likely N-dealkylation sites (tertiary alicyclic amines) is 1. The van der Waals surface area contributed by atoms with Gasteiger partial charge in [-0.25, -0.2) is 4.99 Å². The van der Waals surface area contributed by atoms with Gasteiger partial charge in [-0.2, -0.15) is 0 Å². The molecular weight excluding hydrogens is 210 g/mol. The van der Waals surface area contributed by atoms with E-state index in [2.05, 4.69) is 4.90 Å². The Morgan fingerprint density at radius 1 is 0.941 bits per heavy atom. The molecule has 96 valence electrons. The lowest BCUT2D eigenvalue weighted by molar-refractivity contribution is 0.251. The van der Waals surface area contributed by atoms with Gasteiger partial charge in [-0.3, -0.25) is 0 Å². The monoisotopic (exact) mass is 235 g/mol. The summed E-state index contributed by atoms with van der Waals surface area (Å²) in [6.07, 6.45) is 12.1. The van der Waals surface area contributed by atoms with E-state index in [0.717, 1.165) is 18.4 Å². The zero-order valence-corrected chi connectivity index (χ0v) is 10.8. The molecule has 3 rings (SSSR count). The SMILES string of the molecule is NC(=NC1CCCC1)N1CCC2CCCCC21. The first-order valence-corrected chi connectivity index (χ1v) is 7.44. The first kappa shape index (κ1) is 11.4. The van der Waals surface area contributed by atoms with E-state index in [1.165, 1.54) is 57.8 Å². The van der Waals surface area contributed by atoms with Crippen molar-refractivity contribution >= 4 is 5.96 Å². The van der Waals surface area contributed by atoms with Crippen molar-refractivity contribution in [3.8, 4) is 0 Å². The smallest absolute Gasteiger partial charge is 0.191 e. The predicted molar refractivity (Wildman–Crippen MR) is 70.9 cm³/mol. The molecule has 2 atom stereocenters. The third kappa shape index (κ3) is 2.29. The van der Waals surface area contributed by atoms with E-state index in [9.17, 15) is 0 Å². The minimum Gasteiger partial charge on any atom is -0.370 e. The molecule has 0 spiro atoms. The third-order valence-electron chi connectivity index (χ3n) is 4.94. The molecule has 3 nitrogen and oxygen atoms in total. The summed E-state index contributed by atoms with van der Waals surface area (Å²) in [5, 5.41) is 0. The molecule has 2 aliphatic carbocycles. The molecular formula is C14H25N3.